The van der Waals surface area contributed by atoms with Gasteiger partial charge >= 0.3 is 5.97 Å². The van der Waals surface area contributed by atoms with Gasteiger partial charge in [-0.2, -0.15) is 5.10 Å². The zero-order valence-electron chi connectivity index (χ0n) is 11.7. The first-order valence-corrected chi connectivity index (χ1v) is 7.16. The number of carbonyl (C=O) groups excluding carboxylic acids is 1. The number of esters is 1. The number of aromatic nitrogens is 2. The Morgan fingerprint density at radius 3 is 2.81 bits per heavy atom. The fourth-order valence-electron chi connectivity index (χ4n) is 1.95. The van der Waals surface area contributed by atoms with Crippen LogP contribution in [0.5, 0.6) is 0 Å². The summed E-state index contributed by atoms with van der Waals surface area (Å²) in [5, 5.41) is 4.16. The zero-order chi connectivity index (χ0) is 15.6. The fourth-order valence-corrected chi connectivity index (χ4v) is 2.46. The van der Waals surface area contributed by atoms with Gasteiger partial charge in [-0.25, -0.2) is 9.18 Å². The summed E-state index contributed by atoms with van der Waals surface area (Å²) in [4.78, 5) is 12.1. The van der Waals surface area contributed by atoms with E-state index in [0.29, 0.717) is 28.0 Å². The molecule has 0 saturated carbocycles. The number of aryl methyl sites for hydroxylation is 2. The van der Waals surface area contributed by atoms with Crippen LogP contribution in [0.25, 0.3) is 0 Å². The molecule has 0 atom stereocenters. The Hall–Kier alpha value is -1.89. The Kier molecular flexibility index (Phi) is 4.62. The van der Waals surface area contributed by atoms with Crippen molar-refractivity contribution >= 4 is 27.6 Å². The van der Waals surface area contributed by atoms with Gasteiger partial charge in [0.15, 0.2) is 5.69 Å². The summed E-state index contributed by atoms with van der Waals surface area (Å²) in [6, 6.07) is 4.32. The minimum Gasteiger partial charge on any atom is -0.456 e. The molecule has 0 aliphatic rings. The highest BCUT2D eigenvalue weighted by Gasteiger charge is 2.20. The van der Waals surface area contributed by atoms with Crippen LogP contribution in [0.2, 0.25) is 0 Å². The second-order valence-electron chi connectivity index (χ2n) is 4.52. The number of benzene rings is 1. The molecular weight excluding hydrogens is 341 g/mol. The lowest BCUT2D eigenvalue weighted by Gasteiger charge is -2.08. The van der Waals surface area contributed by atoms with Crippen molar-refractivity contribution in [2.24, 2.45) is 0 Å². The zero-order valence-corrected chi connectivity index (χ0v) is 13.3. The second-order valence-corrected chi connectivity index (χ2v) is 5.43. The topological polar surface area (TPSA) is 70.1 Å². The van der Waals surface area contributed by atoms with Gasteiger partial charge in [0.25, 0.3) is 0 Å². The summed E-state index contributed by atoms with van der Waals surface area (Å²) in [6.45, 7) is 4.05. The standard InChI is InChI=1S/C14H15BrFN3O2/c1-3-19-13(12(17)8(2)18-19)14(20)21-7-9-4-10(15)6-11(16)5-9/h4-6H,3,7,17H2,1-2H3. The van der Waals surface area contributed by atoms with Gasteiger partial charge in [-0.05, 0) is 37.6 Å². The average Bonchev–Trinajstić information content (AvgIpc) is 2.70. The third-order valence-corrected chi connectivity index (χ3v) is 3.42. The smallest absolute Gasteiger partial charge is 0.359 e. The Balaban J connectivity index is 2.15. The largest absolute Gasteiger partial charge is 0.456 e. The van der Waals surface area contributed by atoms with Crippen molar-refractivity contribution in [1.82, 2.24) is 9.78 Å². The SMILES string of the molecule is CCn1nc(C)c(N)c1C(=O)OCc1cc(F)cc(Br)c1. The number of hydrogen-bond donors (Lipinski definition) is 1. The quantitative estimate of drug-likeness (QED) is 0.855. The molecule has 2 N–H and O–H groups in total. The van der Waals surface area contributed by atoms with Crippen LogP contribution in [-0.4, -0.2) is 15.7 Å². The van der Waals surface area contributed by atoms with E-state index in [1.807, 2.05) is 6.92 Å². The van der Waals surface area contributed by atoms with E-state index in [-0.39, 0.29) is 12.3 Å². The highest BCUT2D eigenvalue weighted by Crippen LogP contribution is 2.19. The normalized spacial score (nSPS) is 10.7. The second kappa shape index (κ2) is 6.26. The van der Waals surface area contributed by atoms with Crippen LogP contribution in [0.4, 0.5) is 10.1 Å². The van der Waals surface area contributed by atoms with Gasteiger partial charge in [-0.3, -0.25) is 4.68 Å². The van der Waals surface area contributed by atoms with Crippen molar-refractivity contribution in [2.45, 2.75) is 27.0 Å². The molecular formula is C14H15BrFN3O2. The van der Waals surface area contributed by atoms with Crippen LogP contribution >= 0.6 is 15.9 Å². The predicted molar refractivity (Wildman–Crippen MR) is 80.3 cm³/mol. The van der Waals surface area contributed by atoms with Crippen LogP contribution in [-0.2, 0) is 17.9 Å². The summed E-state index contributed by atoms with van der Waals surface area (Å²) in [5.74, 6) is -0.972. The number of rotatable bonds is 4. The van der Waals surface area contributed by atoms with Gasteiger partial charge in [0.05, 0.1) is 11.4 Å². The van der Waals surface area contributed by atoms with E-state index in [1.165, 1.54) is 16.8 Å². The van der Waals surface area contributed by atoms with Crippen LogP contribution < -0.4 is 5.73 Å². The monoisotopic (exact) mass is 355 g/mol. The van der Waals surface area contributed by atoms with Gasteiger partial charge in [-0.1, -0.05) is 15.9 Å². The van der Waals surface area contributed by atoms with Gasteiger partial charge < -0.3 is 10.5 Å². The number of nitrogen functional groups attached to an aromatic ring is 1. The molecule has 0 saturated heterocycles. The van der Waals surface area contributed by atoms with Crippen molar-refractivity contribution < 1.29 is 13.9 Å². The number of hydrogen-bond acceptors (Lipinski definition) is 4. The maximum atomic E-state index is 13.3. The molecule has 5 nitrogen and oxygen atoms in total. The van der Waals surface area contributed by atoms with Gasteiger partial charge in [0.1, 0.15) is 12.4 Å². The van der Waals surface area contributed by atoms with Crippen molar-refractivity contribution in [3.05, 3.63) is 45.4 Å². The van der Waals surface area contributed by atoms with Crippen molar-refractivity contribution in [3.63, 3.8) is 0 Å². The van der Waals surface area contributed by atoms with E-state index < -0.39 is 11.8 Å². The third kappa shape index (κ3) is 3.41. The first-order chi connectivity index (χ1) is 9.92. The number of halogens is 2. The number of ether oxygens (including phenoxy) is 1. The lowest BCUT2D eigenvalue weighted by atomic mass is 10.2. The van der Waals surface area contributed by atoms with E-state index in [1.54, 1.807) is 13.0 Å². The first kappa shape index (κ1) is 15.5. The Morgan fingerprint density at radius 1 is 1.48 bits per heavy atom. The molecule has 0 radical (unpaired) electrons. The summed E-state index contributed by atoms with van der Waals surface area (Å²) >= 11 is 3.19. The molecule has 1 aromatic carbocycles. The van der Waals surface area contributed by atoms with Crippen LogP contribution in [0.1, 0.15) is 28.7 Å². The Bertz CT molecular complexity index is 665. The highest BCUT2D eigenvalue weighted by atomic mass is 79.9. The number of nitrogens with zero attached hydrogens (tertiary/aromatic N) is 2. The molecule has 0 amide bonds. The minimum atomic E-state index is -0.574. The third-order valence-electron chi connectivity index (χ3n) is 2.96. The predicted octanol–water partition coefficient (Wildman–Crippen LogP) is 3.05. The molecule has 21 heavy (non-hydrogen) atoms. The van der Waals surface area contributed by atoms with E-state index >= 15 is 0 Å². The summed E-state index contributed by atoms with van der Waals surface area (Å²) in [5.41, 5.74) is 7.51. The summed E-state index contributed by atoms with van der Waals surface area (Å²) in [6.07, 6.45) is 0. The number of carbonyl (C=O) groups is 1. The summed E-state index contributed by atoms with van der Waals surface area (Å²) < 4.78 is 20.5. The molecule has 0 spiro atoms. The van der Waals surface area contributed by atoms with Crippen molar-refractivity contribution in [2.75, 3.05) is 5.73 Å². The molecule has 112 valence electrons. The maximum absolute atomic E-state index is 13.3. The van der Waals surface area contributed by atoms with Crippen molar-refractivity contribution in [1.29, 1.82) is 0 Å². The average molecular weight is 356 g/mol. The van der Waals surface area contributed by atoms with Gasteiger partial charge in [-0.15, -0.1) is 0 Å². The number of nitrogens with two attached hydrogens (primary N) is 1. The van der Waals surface area contributed by atoms with Crippen LogP contribution in [0, 0.1) is 12.7 Å². The highest BCUT2D eigenvalue weighted by molar-refractivity contribution is 9.10. The summed E-state index contributed by atoms with van der Waals surface area (Å²) in [7, 11) is 0. The Labute approximate surface area is 130 Å². The van der Waals surface area contributed by atoms with Crippen molar-refractivity contribution in [3.8, 4) is 0 Å². The maximum Gasteiger partial charge on any atom is 0.359 e. The van der Waals surface area contributed by atoms with Crippen LogP contribution in [0.15, 0.2) is 22.7 Å². The molecule has 0 aliphatic carbocycles. The van der Waals surface area contributed by atoms with E-state index in [0.717, 1.165) is 0 Å². The number of anilines is 1. The molecule has 0 bridgehead atoms. The fraction of sp³-hybridized carbons (Fsp3) is 0.286. The molecule has 0 aliphatic heterocycles. The molecule has 2 rings (SSSR count). The molecule has 1 aromatic heterocycles. The van der Waals surface area contributed by atoms with E-state index in [9.17, 15) is 9.18 Å². The molecule has 2 aromatic rings. The van der Waals surface area contributed by atoms with Crippen LogP contribution in [0.3, 0.4) is 0 Å². The molecule has 0 unspecified atom stereocenters. The molecule has 7 heteroatoms. The van der Waals surface area contributed by atoms with Gasteiger partial charge in [0.2, 0.25) is 0 Å². The van der Waals surface area contributed by atoms with Gasteiger partial charge in [0, 0.05) is 11.0 Å². The van der Waals surface area contributed by atoms with E-state index in [2.05, 4.69) is 21.0 Å². The van der Waals surface area contributed by atoms with E-state index in [4.69, 9.17) is 10.5 Å². The first-order valence-electron chi connectivity index (χ1n) is 6.37. The Morgan fingerprint density at radius 2 is 2.19 bits per heavy atom. The molecule has 0 fully saturated rings. The lowest BCUT2D eigenvalue weighted by Crippen LogP contribution is -2.14. The lowest BCUT2D eigenvalue weighted by molar-refractivity contribution is 0.0459. The minimum absolute atomic E-state index is 0.0391. The molecule has 1 heterocycles.